The fraction of sp³-hybridized carbons (Fsp3) is 0.190. The first-order valence-corrected chi connectivity index (χ1v) is 8.95. The van der Waals surface area contributed by atoms with Crippen molar-refractivity contribution in [3.63, 3.8) is 0 Å². The van der Waals surface area contributed by atoms with Crippen molar-refractivity contribution < 1.29 is 14.5 Å². The van der Waals surface area contributed by atoms with Crippen molar-refractivity contribution in [3.05, 3.63) is 81.4 Å². The molecule has 2 aromatic rings. The third kappa shape index (κ3) is 4.92. The Morgan fingerprint density at radius 2 is 1.86 bits per heavy atom. The zero-order valence-electron chi connectivity index (χ0n) is 16.0. The van der Waals surface area contributed by atoms with E-state index in [9.17, 15) is 19.7 Å². The van der Waals surface area contributed by atoms with E-state index < -0.39 is 16.6 Å². The molecule has 1 amide bonds. The van der Waals surface area contributed by atoms with Gasteiger partial charge in [-0.3, -0.25) is 19.7 Å². The number of ketones is 1. The molecule has 2 N–H and O–H groups in total. The number of non-ortho nitro benzene ring substituents is 1. The number of rotatable bonds is 5. The molecule has 0 radical (unpaired) electrons. The minimum atomic E-state index is -0.877. The summed E-state index contributed by atoms with van der Waals surface area (Å²) in [6.45, 7) is 4.05. The Kier molecular flexibility index (Phi) is 5.54. The number of hydrogen-bond donors (Lipinski definition) is 2. The topological polar surface area (TPSA) is 114 Å². The van der Waals surface area contributed by atoms with Crippen LogP contribution in [0, 0.1) is 10.1 Å². The number of hydrogen-bond acceptors (Lipinski definition) is 6. The van der Waals surface area contributed by atoms with Crippen molar-refractivity contribution in [2.45, 2.75) is 25.8 Å². The third-order valence-corrected chi connectivity index (χ3v) is 4.40. The molecular weight excluding hydrogens is 372 g/mol. The molecule has 148 valence electrons. The van der Waals surface area contributed by atoms with Crippen molar-refractivity contribution in [1.82, 2.24) is 10.7 Å². The van der Waals surface area contributed by atoms with Crippen LogP contribution in [0.4, 0.5) is 5.69 Å². The van der Waals surface area contributed by atoms with Crippen molar-refractivity contribution in [3.8, 4) is 0 Å². The Balaban J connectivity index is 1.69. The van der Waals surface area contributed by atoms with E-state index in [1.54, 1.807) is 0 Å². The van der Waals surface area contributed by atoms with Gasteiger partial charge < -0.3 is 5.32 Å². The first-order chi connectivity index (χ1) is 13.7. The molecule has 0 atom stereocenters. The van der Waals surface area contributed by atoms with Crippen LogP contribution >= 0.6 is 0 Å². The van der Waals surface area contributed by atoms with E-state index in [1.807, 2.05) is 38.1 Å². The number of nitrogens with zero attached hydrogens (tertiary/aromatic N) is 2. The Labute approximate surface area is 167 Å². The van der Waals surface area contributed by atoms with Crippen molar-refractivity contribution in [2.24, 2.45) is 5.10 Å². The summed E-state index contributed by atoms with van der Waals surface area (Å²) in [7, 11) is 0. The molecule has 29 heavy (non-hydrogen) atoms. The minimum Gasteiger partial charge on any atom is -0.379 e. The number of nitrogens with one attached hydrogen (secondary N) is 2. The predicted molar refractivity (Wildman–Crippen MR) is 109 cm³/mol. The minimum absolute atomic E-state index is 0.0452. The summed E-state index contributed by atoms with van der Waals surface area (Å²) in [5, 5.41) is 17.7. The maximum atomic E-state index is 12.3. The van der Waals surface area contributed by atoms with Crippen LogP contribution in [0.3, 0.4) is 0 Å². The number of amides is 1. The highest BCUT2D eigenvalue weighted by Crippen LogP contribution is 2.29. The molecule has 0 fully saturated rings. The number of carbonyl (C=O) groups is 2. The van der Waals surface area contributed by atoms with Crippen molar-refractivity contribution >= 4 is 29.3 Å². The van der Waals surface area contributed by atoms with Crippen LogP contribution in [-0.2, 0) is 16.0 Å². The van der Waals surface area contributed by atoms with Gasteiger partial charge in [0.1, 0.15) is 0 Å². The summed E-state index contributed by atoms with van der Waals surface area (Å²) in [5.41, 5.74) is 5.02. The Bertz CT molecular complexity index is 1020. The number of nitro benzene ring substituents is 1. The fourth-order valence-electron chi connectivity index (χ4n) is 3.10. The fourth-order valence-corrected chi connectivity index (χ4v) is 3.10. The van der Waals surface area contributed by atoms with Crippen molar-refractivity contribution in [2.75, 3.05) is 0 Å². The maximum Gasteiger partial charge on any atom is 0.311 e. The van der Waals surface area contributed by atoms with Crippen LogP contribution < -0.4 is 10.7 Å². The molecule has 2 aromatic carbocycles. The summed E-state index contributed by atoms with van der Waals surface area (Å²) >= 11 is 0. The van der Waals surface area contributed by atoms with E-state index in [-0.39, 0.29) is 11.2 Å². The van der Waals surface area contributed by atoms with Crippen LogP contribution in [0.1, 0.15) is 30.5 Å². The van der Waals surface area contributed by atoms with Gasteiger partial charge in [-0.25, -0.2) is 5.43 Å². The zero-order valence-corrected chi connectivity index (χ0v) is 16.0. The lowest BCUT2D eigenvalue weighted by atomic mass is 9.85. The number of carbonyl (C=O) groups excluding carboxylic acids is 2. The summed E-state index contributed by atoms with van der Waals surface area (Å²) in [4.78, 5) is 34.5. The summed E-state index contributed by atoms with van der Waals surface area (Å²) in [5.74, 6) is -1.61. The predicted octanol–water partition coefficient (Wildman–Crippen LogP) is 2.58. The van der Waals surface area contributed by atoms with E-state index in [4.69, 9.17) is 0 Å². The van der Waals surface area contributed by atoms with Gasteiger partial charge in [-0.1, -0.05) is 24.3 Å². The van der Waals surface area contributed by atoms with E-state index in [0.717, 1.165) is 17.5 Å². The average Bonchev–Trinajstić information content (AvgIpc) is 2.67. The number of benzene rings is 2. The lowest BCUT2D eigenvalue weighted by Gasteiger charge is -2.35. The molecule has 0 bridgehead atoms. The number of hydrazone groups is 1. The number of nitro groups is 1. The Morgan fingerprint density at radius 1 is 1.17 bits per heavy atom. The zero-order chi connectivity index (χ0) is 21.0. The van der Waals surface area contributed by atoms with Gasteiger partial charge in [0.05, 0.1) is 11.1 Å². The van der Waals surface area contributed by atoms with Crippen LogP contribution in [0.15, 0.2) is 59.7 Å². The molecule has 8 heteroatoms. The Morgan fingerprint density at radius 3 is 2.55 bits per heavy atom. The smallest absolute Gasteiger partial charge is 0.311 e. The summed E-state index contributed by atoms with van der Waals surface area (Å²) < 4.78 is 0. The largest absolute Gasteiger partial charge is 0.379 e. The SMILES string of the molecule is CC1(C)Cc2ccccc2/C(=C/C(=O)C(=O)N/N=C\c2ccc([N+](=O)[O-])cc2)N1. The maximum absolute atomic E-state index is 12.3. The van der Waals surface area contributed by atoms with Crippen LogP contribution in [0.5, 0.6) is 0 Å². The second kappa shape index (κ2) is 8.05. The lowest BCUT2D eigenvalue weighted by molar-refractivity contribution is -0.384. The van der Waals surface area contributed by atoms with E-state index >= 15 is 0 Å². The lowest BCUT2D eigenvalue weighted by Crippen LogP contribution is -2.44. The quantitative estimate of drug-likeness (QED) is 0.267. The van der Waals surface area contributed by atoms with Gasteiger partial charge in [-0.15, -0.1) is 0 Å². The molecule has 0 aliphatic carbocycles. The van der Waals surface area contributed by atoms with Gasteiger partial charge in [-0.05, 0) is 43.5 Å². The van der Waals surface area contributed by atoms with Crippen molar-refractivity contribution in [1.29, 1.82) is 0 Å². The first-order valence-electron chi connectivity index (χ1n) is 8.95. The van der Waals surface area contributed by atoms with Crippen LogP contribution in [0.25, 0.3) is 5.70 Å². The molecular formula is C21H20N4O4. The molecule has 0 aromatic heterocycles. The second-order valence-corrected chi connectivity index (χ2v) is 7.31. The van der Waals surface area contributed by atoms with Gasteiger partial charge in [0.25, 0.3) is 5.69 Å². The molecule has 0 saturated heterocycles. The Hall–Kier alpha value is -3.81. The van der Waals surface area contributed by atoms with Crippen LogP contribution in [-0.4, -0.2) is 28.4 Å². The highest BCUT2D eigenvalue weighted by Gasteiger charge is 2.28. The molecule has 3 rings (SSSR count). The summed E-state index contributed by atoms with van der Waals surface area (Å²) in [6, 6.07) is 13.4. The van der Waals surface area contributed by atoms with E-state index in [2.05, 4.69) is 15.8 Å². The van der Waals surface area contributed by atoms with Crippen LogP contribution in [0.2, 0.25) is 0 Å². The first kappa shape index (κ1) is 19.9. The average molecular weight is 392 g/mol. The normalized spacial score (nSPS) is 16.1. The molecule has 1 heterocycles. The molecule has 0 saturated carbocycles. The standard InChI is InChI=1S/C21H20N4O4/c1-21(2)12-15-5-3-4-6-17(15)18(23-21)11-19(26)20(27)24-22-13-14-7-9-16(10-8-14)25(28)29/h3-11,13,23H,12H2,1-2H3,(H,24,27)/b18-11-,22-13-. The monoisotopic (exact) mass is 392 g/mol. The van der Waals surface area contributed by atoms with Gasteiger partial charge in [-0.2, -0.15) is 5.10 Å². The molecule has 0 spiro atoms. The van der Waals surface area contributed by atoms with Gasteiger partial charge in [0.2, 0.25) is 5.78 Å². The molecule has 1 aliphatic rings. The van der Waals surface area contributed by atoms with Gasteiger partial charge in [0, 0.05) is 35.0 Å². The second-order valence-electron chi connectivity index (χ2n) is 7.31. The summed E-state index contributed by atoms with van der Waals surface area (Å²) in [6.07, 6.45) is 3.39. The van der Waals surface area contributed by atoms with E-state index in [1.165, 1.54) is 36.6 Å². The number of fused-ring (bicyclic) bond motifs is 1. The highest BCUT2D eigenvalue weighted by atomic mass is 16.6. The highest BCUT2D eigenvalue weighted by molar-refractivity contribution is 6.41. The molecule has 0 unspecified atom stereocenters. The third-order valence-electron chi connectivity index (χ3n) is 4.40. The van der Waals surface area contributed by atoms with Gasteiger partial charge in [0.15, 0.2) is 0 Å². The molecule has 1 aliphatic heterocycles. The molecule has 8 nitrogen and oxygen atoms in total. The van der Waals surface area contributed by atoms with Gasteiger partial charge >= 0.3 is 5.91 Å². The van der Waals surface area contributed by atoms with E-state index in [0.29, 0.717) is 11.3 Å².